The maximum absolute atomic E-state index is 12.9. The number of para-hydroxylation sites is 1. The molecule has 0 aliphatic carbocycles. The fraction of sp³-hybridized carbons (Fsp3) is 0.333. The van der Waals surface area contributed by atoms with Gasteiger partial charge in [0.15, 0.2) is 0 Å². The molecule has 4 rings (SSSR count). The summed E-state index contributed by atoms with van der Waals surface area (Å²) in [6.07, 6.45) is 0.963. The fourth-order valence-corrected chi connectivity index (χ4v) is 3.87. The topological polar surface area (TPSA) is 82.1 Å². The number of ether oxygens (including phenoxy) is 2. The number of benzene rings is 2. The van der Waals surface area contributed by atoms with E-state index in [2.05, 4.69) is 0 Å². The Morgan fingerprint density at radius 3 is 2.68 bits per heavy atom. The van der Waals surface area contributed by atoms with Gasteiger partial charge in [0.2, 0.25) is 0 Å². The SMILES string of the molecule is COc1cc([O-])ccc1C(=O)N1CCC(N2C(=O)OCc3ccccc32)CC1. The summed E-state index contributed by atoms with van der Waals surface area (Å²) in [6.45, 7) is 1.31. The highest BCUT2D eigenvalue weighted by molar-refractivity contribution is 5.97. The van der Waals surface area contributed by atoms with Crippen LogP contribution in [0, 0.1) is 0 Å². The van der Waals surface area contributed by atoms with Gasteiger partial charge in [0.05, 0.1) is 18.4 Å². The Hall–Kier alpha value is -3.22. The molecular formula is C21H21N2O5-. The second-order valence-corrected chi connectivity index (χ2v) is 6.94. The van der Waals surface area contributed by atoms with Crippen molar-refractivity contribution in [3.8, 4) is 11.5 Å². The molecule has 0 aromatic heterocycles. The molecular weight excluding hydrogens is 360 g/mol. The van der Waals surface area contributed by atoms with Crippen LogP contribution in [0.3, 0.4) is 0 Å². The average Bonchev–Trinajstić information content (AvgIpc) is 2.73. The normalized spacial score (nSPS) is 17.1. The number of rotatable bonds is 3. The van der Waals surface area contributed by atoms with Crippen LogP contribution < -0.4 is 14.7 Å². The summed E-state index contributed by atoms with van der Waals surface area (Å²) in [5.41, 5.74) is 2.25. The lowest BCUT2D eigenvalue weighted by molar-refractivity contribution is -0.268. The molecule has 2 aromatic rings. The zero-order valence-electron chi connectivity index (χ0n) is 15.6. The second-order valence-electron chi connectivity index (χ2n) is 6.94. The van der Waals surface area contributed by atoms with E-state index < -0.39 is 0 Å². The second kappa shape index (κ2) is 7.42. The molecule has 2 aliphatic rings. The quantitative estimate of drug-likeness (QED) is 0.816. The van der Waals surface area contributed by atoms with E-state index in [0.717, 1.165) is 11.3 Å². The van der Waals surface area contributed by atoms with Crippen molar-refractivity contribution in [2.75, 3.05) is 25.1 Å². The predicted octanol–water partition coefficient (Wildman–Crippen LogP) is 2.53. The Balaban J connectivity index is 1.48. The number of hydrogen-bond acceptors (Lipinski definition) is 5. The van der Waals surface area contributed by atoms with Crippen LogP contribution in [0.2, 0.25) is 0 Å². The third-order valence-corrected chi connectivity index (χ3v) is 5.32. The van der Waals surface area contributed by atoms with Gasteiger partial charge in [0.25, 0.3) is 5.91 Å². The third-order valence-electron chi connectivity index (χ3n) is 5.32. The van der Waals surface area contributed by atoms with Gasteiger partial charge in [-0.05, 0) is 31.0 Å². The zero-order valence-corrected chi connectivity index (χ0v) is 15.6. The van der Waals surface area contributed by atoms with Crippen LogP contribution in [0.1, 0.15) is 28.8 Å². The van der Waals surface area contributed by atoms with E-state index in [4.69, 9.17) is 9.47 Å². The summed E-state index contributed by atoms with van der Waals surface area (Å²) in [4.78, 5) is 28.7. The minimum absolute atomic E-state index is 0.0242. The van der Waals surface area contributed by atoms with Gasteiger partial charge in [0.1, 0.15) is 12.4 Å². The third kappa shape index (κ3) is 3.24. The first-order valence-corrected chi connectivity index (χ1v) is 9.26. The number of hydrogen-bond donors (Lipinski definition) is 0. The Bertz CT molecular complexity index is 905. The summed E-state index contributed by atoms with van der Waals surface area (Å²) in [5.74, 6) is -0.0838. The number of fused-ring (bicyclic) bond motifs is 1. The highest BCUT2D eigenvalue weighted by Crippen LogP contribution is 2.32. The molecule has 0 N–H and O–H groups in total. The molecule has 0 saturated carbocycles. The van der Waals surface area contributed by atoms with Crippen molar-refractivity contribution in [2.45, 2.75) is 25.5 Å². The monoisotopic (exact) mass is 381 g/mol. The molecule has 7 nitrogen and oxygen atoms in total. The van der Waals surface area contributed by atoms with Crippen LogP contribution >= 0.6 is 0 Å². The highest BCUT2D eigenvalue weighted by atomic mass is 16.6. The largest absolute Gasteiger partial charge is 0.872 e. The van der Waals surface area contributed by atoms with Gasteiger partial charge in [-0.2, -0.15) is 0 Å². The lowest BCUT2D eigenvalue weighted by Crippen LogP contribution is -2.50. The average molecular weight is 381 g/mol. The maximum Gasteiger partial charge on any atom is 0.414 e. The van der Waals surface area contributed by atoms with E-state index >= 15 is 0 Å². The number of amides is 2. The number of likely N-dealkylation sites (tertiary alicyclic amines) is 1. The number of nitrogens with zero attached hydrogens (tertiary/aromatic N) is 2. The molecule has 1 fully saturated rings. The molecule has 0 unspecified atom stereocenters. The van der Waals surface area contributed by atoms with Crippen molar-refractivity contribution in [1.29, 1.82) is 0 Å². The highest BCUT2D eigenvalue weighted by Gasteiger charge is 2.35. The molecule has 7 heteroatoms. The van der Waals surface area contributed by atoms with Crippen LogP contribution in [0.15, 0.2) is 42.5 Å². The predicted molar refractivity (Wildman–Crippen MR) is 100 cm³/mol. The van der Waals surface area contributed by atoms with E-state index in [1.807, 2.05) is 24.3 Å². The summed E-state index contributed by atoms with van der Waals surface area (Å²) < 4.78 is 10.5. The lowest BCUT2D eigenvalue weighted by Gasteiger charge is -2.40. The number of carbonyl (C=O) groups is 2. The molecule has 0 spiro atoms. The molecule has 0 radical (unpaired) electrons. The molecule has 28 heavy (non-hydrogen) atoms. The Morgan fingerprint density at radius 2 is 1.93 bits per heavy atom. The van der Waals surface area contributed by atoms with Gasteiger partial charge in [-0.1, -0.05) is 24.3 Å². The molecule has 2 aromatic carbocycles. The van der Waals surface area contributed by atoms with Crippen LogP contribution in [-0.4, -0.2) is 43.1 Å². The molecule has 2 aliphatic heterocycles. The molecule has 1 saturated heterocycles. The van der Waals surface area contributed by atoms with Gasteiger partial charge >= 0.3 is 6.09 Å². The Kier molecular flexibility index (Phi) is 4.81. The van der Waals surface area contributed by atoms with Crippen molar-refractivity contribution in [3.05, 3.63) is 53.6 Å². The van der Waals surface area contributed by atoms with E-state index in [-0.39, 0.29) is 29.5 Å². The molecule has 146 valence electrons. The summed E-state index contributed by atoms with van der Waals surface area (Å²) in [7, 11) is 1.44. The number of carbonyl (C=O) groups excluding carboxylic acids is 2. The fourth-order valence-electron chi connectivity index (χ4n) is 3.87. The van der Waals surface area contributed by atoms with Crippen LogP contribution in [0.5, 0.6) is 11.5 Å². The lowest BCUT2D eigenvalue weighted by atomic mass is 10.00. The van der Waals surface area contributed by atoms with Gasteiger partial charge in [-0.15, -0.1) is 5.75 Å². The van der Waals surface area contributed by atoms with Crippen molar-refractivity contribution in [1.82, 2.24) is 4.90 Å². The first-order valence-electron chi connectivity index (χ1n) is 9.26. The molecule has 2 heterocycles. The first-order chi connectivity index (χ1) is 13.6. The van der Waals surface area contributed by atoms with E-state index in [1.54, 1.807) is 9.80 Å². The molecule has 2 amide bonds. The minimum Gasteiger partial charge on any atom is -0.872 e. The van der Waals surface area contributed by atoms with Crippen molar-refractivity contribution in [2.24, 2.45) is 0 Å². The Labute approximate surface area is 163 Å². The smallest absolute Gasteiger partial charge is 0.414 e. The van der Waals surface area contributed by atoms with Crippen LogP contribution in [-0.2, 0) is 11.3 Å². The van der Waals surface area contributed by atoms with Crippen LogP contribution in [0.25, 0.3) is 0 Å². The van der Waals surface area contributed by atoms with Gasteiger partial charge in [-0.3, -0.25) is 9.69 Å². The zero-order chi connectivity index (χ0) is 19.7. The standard InChI is InChI=1S/C21H22N2O5/c1-27-19-12-16(24)6-7-17(19)20(25)22-10-8-15(9-11-22)23-18-5-3-2-4-14(18)13-28-21(23)26/h2-7,12,15,24H,8-11,13H2,1H3/p-1. The number of methoxy groups -OCH3 is 1. The van der Waals surface area contributed by atoms with Crippen molar-refractivity contribution >= 4 is 17.7 Å². The first kappa shape index (κ1) is 18.2. The van der Waals surface area contributed by atoms with E-state index in [0.29, 0.717) is 38.1 Å². The molecule has 0 atom stereocenters. The number of cyclic esters (lactones) is 1. The number of piperidine rings is 1. The van der Waals surface area contributed by atoms with Gasteiger partial charge < -0.3 is 19.5 Å². The van der Waals surface area contributed by atoms with E-state index in [9.17, 15) is 14.7 Å². The molecule has 0 bridgehead atoms. The van der Waals surface area contributed by atoms with E-state index in [1.165, 1.54) is 25.3 Å². The summed E-state index contributed by atoms with van der Waals surface area (Å²) >= 11 is 0. The summed E-state index contributed by atoms with van der Waals surface area (Å²) in [5, 5.41) is 11.5. The number of anilines is 1. The summed E-state index contributed by atoms with van der Waals surface area (Å²) in [6, 6.07) is 11.9. The van der Waals surface area contributed by atoms with Crippen LogP contribution in [0.4, 0.5) is 10.5 Å². The maximum atomic E-state index is 12.9. The van der Waals surface area contributed by atoms with Gasteiger partial charge in [0, 0.05) is 24.7 Å². The Morgan fingerprint density at radius 1 is 1.18 bits per heavy atom. The van der Waals surface area contributed by atoms with Gasteiger partial charge in [-0.25, -0.2) is 4.79 Å². The minimum atomic E-state index is -0.337. The van der Waals surface area contributed by atoms with Crippen molar-refractivity contribution in [3.63, 3.8) is 0 Å². The van der Waals surface area contributed by atoms with Crippen molar-refractivity contribution < 1.29 is 24.2 Å².